The zero-order valence-corrected chi connectivity index (χ0v) is 7.20. The molecule has 0 radical (unpaired) electrons. The van der Waals surface area contributed by atoms with Crippen molar-refractivity contribution in [3.05, 3.63) is 29.6 Å². The Morgan fingerprint density at radius 3 is 2.83 bits per heavy atom. The average Bonchev–Trinajstić information content (AvgIpc) is 2.06. The Morgan fingerprint density at radius 2 is 2.33 bits per heavy atom. The molecule has 0 saturated carbocycles. The number of nitrogens with two attached hydrogens (primary N) is 1. The fourth-order valence-corrected chi connectivity index (χ4v) is 0.982. The van der Waals surface area contributed by atoms with Gasteiger partial charge in [0.15, 0.2) is 0 Å². The minimum atomic E-state index is -0.518. The van der Waals surface area contributed by atoms with Crippen LogP contribution in [0.1, 0.15) is 23.8 Å². The Morgan fingerprint density at radius 1 is 1.58 bits per heavy atom. The molecular formula is C9H14N2O. The quantitative estimate of drug-likeness (QED) is 0.697. The molecule has 3 N–H and O–H groups in total. The molecule has 1 aromatic rings. The Balaban J connectivity index is 2.68. The van der Waals surface area contributed by atoms with E-state index in [1.54, 1.807) is 6.20 Å². The molecule has 0 spiro atoms. The van der Waals surface area contributed by atoms with Crippen molar-refractivity contribution in [2.45, 2.75) is 19.4 Å². The summed E-state index contributed by atoms with van der Waals surface area (Å²) in [6, 6.07) is 3.76. The van der Waals surface area contributed by atoms with Crippen molar-refractivity contribution in [1.29, 1.82) is 0 Å². The Kier molecular flexibility index (Phi) is 3.19. The molecule has 0 aliphatic carbocycles. The van der Waals surface area contributed by atoms with Gasteiger partial charge in [-0.05, 0) is 31.5 Å². The largest absolute Gasteiger partial charge is 0.387 e. The van der Waals surface area contributed by atoms with Crippen molar-refractivity contribution >= 4 is 0 Å². The monoisotopic (exact) mass is 166 g/mol. The summed E-state index contributed by atoms with van der Waals surface area (Å²) in [5, 5.41) is 9.47. The molecule has 1 rings (SSSR count). The maximum atomic E-state index is 9.47. The third-order valence-electron chi connectivity index (χ3n) is 1.72. The van der Waals surface area contributed by atoms with Crippen molar-refractivity contribution in [3.8, 4) is 0 Å². The molecule has 0 saturated heterocycles. The molecule has 0 aliphatic heterocycles. The van der Waals surface area contributed by atoms with E-state index in [1.165, 1.54) is 0 Å². The van der Waals surface area contributed by atoms with Crippen LogP contribution >= 0.6 is 0 Å². The predicted octanol–water partition coefficient (Wildman–Crippen LogP) is 0.772. The zero-order valence-electron chi connectivity index (χ0n) is 7.20. The number of nitrogens with zero attached hydrogens (tertiary/aromatic N) is 1. The van der Waals surface area contributed by atoms with Gasteiger partial charge in [-0.15, -0.1) is 0 Å². The lowest BCUT2D eigenvalue weighted by Crippen LogP contribution is -2.07. The second-order valence-electron chi connectivity index (χ2n) is 2.85. The minimum absolute atomic E-state index is 0.483. The van der Waals surface area contributed by atoms with Gasteiger partial charge in [-0.1, -0.05) is 6.07 Å². The summed E-state index contributed by atoms with van der Waals surface area (Å²) >= 11 is 0. The summed E-state index contributed by atoms with van der Waals surface area (Å²) in [5.74, 6) is 0. The molecular weight excluding hydrogens is 152 g/mol. The molecule has 0 amide bonds. The summed E-state index contributed by atoms with van der Waals surface area (Å²) in [5.41, 5.74) is 7.10. The maximum absolute atomic E-state index is 9.47. The van der Waals surface area contributed by atoms with Crippen LogP contribution in [-0.4, -0.2) is 16.6 Å². The van der Waals surface area contributed by atoms with Crippen molar-refractivity contribution in [2.75, 3.05) is 6.54 Å². The molecule has 12 heavy (non-hydrogen) atoms. The first-order valence-electron chi connectivity index (χ1n) is 4.04. The maximum Gasteiger partial charge on any atom is 0.0971 e. The van der Waals surface area contributed by atoms with Crippen molar-refractivity contribution < 1.29 is 5.11 Å². The van der Waals surface area contributed by atoms with Gasteiger partial charge in [-0.25, -0.2) is 0 Å². The first-order chi connectivity index (χ1) is 5.74. The molecule has 3 heteroatoms. The highest BCUT2D eigenvalue weighted by molar-refractivity contribution is 5.13. The summed E-state index contributed by atoms with van der Waals surface area (Å²) < 4.78 is 0. The summed E-state index contributed by atoms with van der Waals surface area (Å²) in [6.07, 6.45) is 1.79. The lowest BCUT2D eigenvalue weighted by atomic mass is 10.1. The molecule has 1 aromatic heterocycles. The number of pyridine rings is 1. The molecule has 0 aliphatic rings. The van der Waals surface area contributed by atoms with E-state index in [9.17, 15) is 5.11 Å². The molecule has 66 valence electrons. The van der Waals surface area contributed by atoms with Crippen LogP contribution in [0.3, 0.4) is 0 Å². The van der Waals surface area contributed by atoms with Gasteiger partial charge < -0.3 is 10.8 Å². The van der Waals surface area contributed by atoms with E-state index in [4.69, 9.17) is 5.73 Å². The highest BCUT2D eigenvalue weighted by atomic mass is 16.3. The Hall–Kier alpha value is -0.930. The molecule has 1 atom stereocenters. The Labute approximate surface area is 72.2 Å². The van der Waals surface area contributed by atoms with Crippen molar-refractivity contribution in [2.24, 2.45) is 5.73 Å². The van der Waals surface area contributed by atoms with E-state index in [0.29, 0.717) is 18.7 Å². The van der Waals surface area contributed by atoms with Gasteiger partial charge in [-0.2, -0.15) is 0 Å². The van der Waals surface area contributed by atoms with Gasteiger partial charge in [0.25, 0.3) is 0 Å². The summed E-state index contributed by atoms with van der Waals surface area (Å²) in [4.78, 5) is 4.09. The van der Waals surface area contributed by atoms with Crippen LogP contribution in [0.2, 0.25) is 0 Å². The molecule has 3 nitrogen and oxygen atoms in total. The minimum Gasteiger partial charge on any atom is -0.387 e. The molecule has 1 heterocycles. The number of rotatable bonds is 3. The van der Waals surface area contributed by atoms with Crippen molar-refractivity contribution in [3.63, 3.8) is 0 Å². The van der Waals surface area contributed by atoms with E-state index in [1.807, 2.05) is 19.1 Å². The van der Waals surface area contributed by atoms with Gasteiger partial charge in [0.05, 0.1) is 11.8 Å². The summed E-state index contributed by atoms with van der Waals surface area (Å²) in [7, 11) is 0. The van der Waals surface area contributed by atoms with Crippen LogP contribution in [0.4, 0.5) is 0 Å². The lowest BCUT2D eigenvalue weighted by Gasteiger charge is -2.07. The van der Waals surface area contributed by atoms with Gasteiger partial charge in [0, 0.05) is 6.20 Å². The van der Waals surface area contributed by atoms with E-state index in [2.05, 4.69) is 4.98 Å². The molecule has 0 bridgehead atoms. The number of aliphatic hydroxyl groups is 1. The highest BCUT2D eigenvalue weighted by Gasteiger charge is 2.06. The van der Waals surface area contributed by atoms with Crippen LogP contribution in [0, 0.1) is 6.92 Å². The van der Waals surface area contributed by atoms with Gasteiger partial charge in [-0.3, -0.25) is 4.98 Å². The van der Waals surface area contributed by atoms with E-state index < -0.39 is 6.10 Å². The van der Waals surface area contributed by atoms with Gasteiger partial charge in [0.2, 0.25) is 0 Å². The lowest BCUT2D eigenvalue weighted by molar-refractivity contribution is 0.165. The zero-order chi connectivity index (χ0) is 8.97. The SMILES string of the molecule is Cc1ccc(C(O)CCN)nc1. The Bertz CT molecular complexity index is 233. The number of hydrogen-bond donors (Lipinski definition) is 2. The number of aromatic nitrogens is 1. The predicted molar refractivity (Wildman–Crippen MR) is 47.6 cm³/mol. The van der Waals surface area contributed by atoms with Crippen LogP contribution in [0.25, 0.3) is 0 Å². The van der Waals surface area contributed by atoms with E-state index in [0.717, 1.165) is 5.56 Å². The van der Waals surface area contributed by atoms with Crippen LogP contribution in [0.5, 0.6) is 0 Å². The normalized spacial score (nSPS) is 12.9. The fourth-order valence-electron chi connectivity index (χ4n) is 0.982. The second-order valence-corrected chi connectivity index (χ2v) is 2.85. The highest BCUT2D eigenvalue weighted by Crippen LogP contribution is 2.12. The smallest absolute Gasteiger partial charge is 0.0971 e. The number of hydrogen-bond acceptors (Lipinski definition) is 3. The first kappa shape index (κ1) is 9.16. The first-order valence-corrected chi connectivity index (χ1v) is 4.04. The van der Waals surface area contributed by atoms with Crippen LogP contribution in [0.15, 0.2) is 18.3 Å². The standard InChI is InChI=1S/C9H14N2O/c1-7-2-3-8(11-6-7)9(12)4-5-10/h2-3,6,9,12H,4-5,10H2,1H3. The third kappa shape index (κ3) is 2.29. The number of aryl methyl sites for hydroxylation is 1. The van der Waals surface area contributed by atoms with Crippen LogP contribution < -0.4 is 5.73 Å². The van der Waals surface area contributed by atoms with Crippen LogP contribution in [-0.2, 0) is 0 Å². The summed E-state index contributed by atoms with van der Waals surface area (Å²) in [6.45, 7) is 2.45. The second kappa shape index (κ2) is 4.18. The fraction of sp³-hybridized carbons (Fsp3) is 0.444. The number of aliphatic hydroxyl groups excluding tert-OH is 1. The van der Waals surface area contributed by atoms with Gasteiger partial charge in [0.1, 0.15) is 0 Å². The van der Waals surface area contributed by atoms with Crippen molar-refractivity contribution in [1.82, 2.24) is 4.98 Å². The van der Waals surface area contributed by atoms with E-state index in [-0.39, 0.29) is 0 Å². The average molecular weight is 166 g/mol. The van der Waals surface area contributed by atoms with Gasteiger partial charge >= 0.3 is 0 Å². The molecule has 0 aromatic carbocycles. The molecule has 0 fully saturated rings. The topological polar surface area (TPSA) is 59.1 Å². The third-order valence-corrected chi connectivity index (χ3v) is 1.72. The molecule has 1 unspecified atom stereocenters. The van der Waals surface area contributed by atoms with E-state index >= 15 is 0 Å².